The number of alkyl halides is 3. The standard InChI is InChI=1S/C25H26F3N5O2/c26-25(27,28)18-12-10-17(11-13-18)19-16-30-32-24(19)20-6-2-4-15-33(20)23(35)9-5-8-22(34)31-21-7-1-3-14-29-21/h1,3,7,10-14,16,20H,2,4-6,8-9,15H2,(H,30,32)(H,29,31,34)/t20-/m1/s1. The van der Waals surface area contributed by atoms with Gasteiger partial charge in [0.1, 0.15) is 5.82 Å². The number of benzene rings is 1. The Kier molecular flexibility index (Phi) is 7.48. The molecule has 184 valence electrons. The van der Waals surface area contributed by atoms with Gasteiger partial charge in [-0.1, -0.05) is 18.2 Å². The van der Waals surface area contributed by atoms with Gasteiger partial charge in [-0.2, -0.15) is 18.3 Å². The maximum atomic E-state index is 13.1. The lowest BCUT2D eigenvalue weighted by molar-refractivity contribution is -0.137. The van der Waals surface area contributed by atoms with Crippen molar-refractivity contribution < 1.29 is 22.8 Å². The van der Waals surface area contributed by atoms with Crippen molar-refractivity contribution in [2.24, 2.45) is 0 Å². The van der Waals surface area contributed by atoms with Gasteiger partial charge in [0.2, 0.25) is 11.8 Å². The van der Waals surface area contributed by atoms with Crippen LogP contribution in [0.5, 0.6) is 0 Å². The van der Waals surface area contributed by atoms with Crippen molar-refractivity contribution >= 4 is 17.6 Å². The molecule has 0 aliphatic carbocycles. The minimum Gasteiger partial charge on any atom is -0.334 e. The second kappa shape index (κ2) is 10.7. The highest BCUT2D eigenvalue weighted by Crippen LogP contribution is 2.37. The average Bonchev–Trinajstić information content (AvgIpc) is 3.34. The van der Waals surface area contributed by atoms with Crippen LogP contribution in [0.25, 0.3) is 11.1 Å². The molecule has 0 unspecified atom stereocenters. The Morgan fingerprint density at radius 3 is 2.60 bits per heavy atom. The van der Waals surface area contributed by atoms with Crippen LogP contribution in [0.4, 0.5) is 19.0 Å². The van der Waals surface area contributed by atoms with Crippen molar-refractivity contribution in [1.82, 2.24) is 20.1 Å². The molecule has 2 N–H and O–H groups in total. The molecular weight excluding hydrogens is 459 g/mol. The van der Waals surface area contributed by atoms with E-state index in [-0.39, 0.29) is 30.7 Å². The second-order valence-electron chi connectivity index (χ2n) is 8.49. The van der Waals surface area contributed by atoms with E-state index in [1.807, 2.05) is 0 Å². The Bertz CT molecular complexity index is 1150. The predicted molar refractivity (Wildman–Crippen MR) is 124 cm³/mol. The molecule has 1 fully saturated rings. The van der Waals surface area contributed by atoms with E-state index in [9.17, 15) is 22.8 Å². The molecule has 1 aromatic carbocycles. The number of nitrogens with one attached hydrogen (secondary N) is 2. The highest BCUT2D eigenvalue weighted by atomic mass is 19.4. The van der Waals surface area contributed by atoms with Gasteiger partial charge in [0.25, 0.3) is 0 Å². The number of likely N-dealkylation sites (tertiary alicyclic amines) is 1. The van der Waals surface area contributed by atoms with E-state index in [2.05, 4.69) is 20.5 Å². The molecule has 35 heavy (non-hydrogen) atoms. The van der Waals surface area contributed by atoms with E-state index in [1.54, 1.807) is 35.5 Å². The van der Waals surface area contributed by atoms with Gasteiger partial charge in [-0.05, 0) is 55.5 Å². The Morgan fingerprint density at radius 1 is 1.09 bits per heavy atom. The molecule has 1 aliphatic rings. The molecule has 2 amide bonds. The number of rotatable bonds is 7. The summed E-state index contributed by atoms with van der Waals surface area (Å²) in [5, 5.41) is 9.79. The topological polar surface area (TPSA) is 91.0 Å². The zero-order chi connectivity index (χ0) is 24.8. The van der Waals surface area contributed by atoms with E-state index in [0.29, 0.717) is 35.6 Å². The number of carbonyl (C=O) groups is 2. The van der Waals surface area contributed by atoms with Crippen LogP contribution in [-0.2, 0) is 15.8 Å². The first-order chi connectivity index (χ1) is 16.8. The molecule has 0 saturated carbocycles. The maximum absolute atomic E-state index is 13.1. The summed E-state index contributed by atoms with van der Waals surface area (Å²) in [5.74, 6) is 0.202. The summed E-state index contributed by atoms with van der Waals surface area (Å²) in [5.41, 5.74) is 1.28. The average molecular weight is 486 g/mol. The molecular formula is C25H26F3N5O2. The first-order valence-corrected chi connectivity index (χ1v) is 11.5. The number of piperidine rings is 1. The number of H-pyrrole nitrogens is 1. The first kappa shape index (κ1) is 24.4. The lowest BCUT2D eigenvalue weighted by Crippen LogP contribution is -2.38. The molecule has 3 aromatic rings. The van der Waals surface area contributed by atoms with Crippen molar-refractivity contribution in [3.05, 3.63) is 66.1 Å². The Balaban J connectivity index is 1.40. The second-order valence-corrected chi connectivity index (χ2v) is 8.49. The molecule has 0 radical (unpaired) electrons. The van der Waals surface area contributed by atoms with Crippen molar-refractivity contribution in [2.75, 3.05) is 11.9 Å². The molecule has 0 spiro atoms. The fourth-order valence-corrected chi connectivity index (χ4v) is 4.33. The number of hydrogen-bond donors (Lipinski definition) is 2. The van der Waals surface area contributed by atoms with Gasteiger partial charge in [-0.3, -0.25) is 14.7 Å². The minimum absolute atomic E-state index is 0.0618. The van der Waals surface area contributed by atoms with Crippen molar-refractivity contribution in [3.8, 4) is 11.1 Å². The lowest BCUT2D eigenvalue weighted by atomic mass is 9.93. The third kappa shape index (κ3) is 6.06. The molecule has 7 nitrogen and oxygen atoms in total. The number of anilines is 1. The zero-order valence-electron chi connectivity index (χ0n) is 19.0. The summed E-state index contributed by atoms with van der Waals surface area (Å²) in [6.07, 6.45) is 2.09. The van der Waals surface area contributed by atoms with E-state index in [0.717, 1.165) is 31.4 Å². The summed E-state index contributed by atoms with van der Waals surface area (Å²) >= 11 is 0. The van der Waals surface area contributed by atoms with Crippen LogP contribution >= 0.6 is 0 Å². The van der Waals surface area contributed by atoms with Gasteiger partial charge >= 0.3 is 6.18 Å². The van der Waals surface area contributed by atoms with Gasteiger partial charge in [-0.25, -0.2) is 4.98 Å². The number of hydrogen-bond acceptors (Lipinski definition) is 4. The Hall–Kier alpha value is -3.69. The van der Waals surface area contributed by atoms with Crippen LogP contribution in [0.2, 0.25) is 0 Å². The molecule has 4 rings (SSSR count). The normalized spacial score (nSPS) is 16.2. The van der Waals surface area contributed by atoms with Crippen LogP contribution in [-0.4, -0.2) is 38.4 Å². The number of aromatic amines is 1. The van der Waals surface area contributed by atoms with E-state index < -0.39 is 11.7 Å². The van der Waals surface area contributed by atoms with Gasteiger partial charge in [0.15, 0.2) is 0 Å². The summed E-state index contributed by atoms with van der Waals surface area (Å²) in [7, 11) is 0. The van der Waals surface area contributed by atoms with Gasteiger partial charge < -0.3 is 10.2 Å². The highest BCUT2D eigenvalue weighted by molar-refractivity contribution is 5.90. The van der Waals surface area contributed by atoms with Crippen molar-refractivity contribution in [3.63, 3.8) is 0 Å². The van der Waals surface area contributed by atoms with Gasteiger partial charge in [0, 0.05) is 31.1 Å². The number of carbonyl (C=O) groups excluding carboxylic acids is 2. The number of aromatic nitrogens is 3. The molecule has 3 heterocycles. The molecule has 1 atom stereocenters. The minimum atomic E-state index is -4.40. The maximum Gasteiger partial charge on any atom is 0.416 e. The van der Waals surface area contributed by atoms with Crippen LogP contribution in [0.1, 0.15) is 55.8 Å². The number of nitrogens with zero attached hydrogens (tertiary/aromatic N) is 3. The Labute approximate surface area is 200 Å². The van der Waals surface area contributed by atoms with Crippen molar-refractivity contribution in [2.45, 2.75) is 50.7 Å². The number of pyridine rings is 1. The van der Waals surface area contributed by atoms with Crippen LogP contribution < -0.4 is 5.32 Å². The van der Waals surface area contributed by atoms with E-state index in [1.165, 1.54) is 12.1 Å². The summed E-state index contributed by atoms with van der Waals surface area (Å²) in [6.45, 7) is 0.578. The fraction of sp³-hybridized carbons (Fsp3) is 0.360. The molecule has 2 aromatic heterocycles. The van der Waals surface area contributed by atoms with Crippen LogP contribution in [0, 0.1) is 0 Å². The van der Waals surface area contributed by atoms with Crippen molar-refractivity contribution in [1.29, 1.82) is 0 Å². The number of amides is 2. The third-order valence-electron chi connectivity index (χ3n) is 6.08. The zero-order valence-corrected chi connectivity index (χ0v) is 19.0. The van der Waals surface area contributed by atoms with Gasteiger partial charge in [-0.15, -0.1) is 0 Å². The molecule has 0 bridgehead atoms. The summed E-state index contributed by atoms with van der Waals surface area (Å²) < 4.78 is 38.8. The van der Waals surface area contributed by atoms with Gasteiger partial charge in [0.05, 0.1) is 23.5 Å². The summed E-state index contributed by atoms with van der Waals surface area (Å²) in [6, 6.07) is 9.91. The molecule has 10 heteroatoms. The van der Waals surface area contributed by atoms with Crippen LogP contribution in [0.3, 0.4) is 0 Å². The molecule has 1 aliphatic heterocycles. The quantitative estimate of drug-likeness (QED) is 0.472. The fourth-order valence-electron chi connectivity index (χ4n) is 4.33. The third-order valence-corrected chi connectivity index (χ3v) is 6.08. The first-order valence-electron chi connectivity index (χ1n) is 11.5. The Morgan fingerprint density at radius 2 is 1.89 bits per heavy atom. The van der Waals surface area contributed by atoms with E-state index in [4.69, 9.17) is 0 Å². The smallest absolute Gasteiger partial charge is 0.334 e. The SMILES string of the molecule is O=C(CCCC(=O)N1CCCC[C@@H]1c1[nH]ncc1-c1ccc(C(F)(F)F)cc1)Nc1ccccn1. The number of halogens is 3. The summed E-state index contributed by atoms with van der Waals surface area (Å²) in [4.78, 5) is 31.1. The monoisotopic (exact) mass is 485 g/mol. The van der Waals surface area contributed by atoms with Crippen LogP contribution in [0.15, 0.2) is 54.9 Å². The highest BCUT2D eigenvalue weighted by Gasteiger charge is 2.32. The lowest BCUT2D eigenvalue weighted by Gasteiger charge is -2.36. The largest absolute Gasteiger partial charge is 0.416 e. The molecule has 1 saturated heterocycles. The predicted octanol–water partition coefficient (Wildman–Crippen LogP) is 5.35. The van der Waals surface area contributed by atoms with E-state index >= 15 is 0 Å².